The van der Waals surface area contributed by atoms with Gasteiger partial charge in [-0.2, -0.15) is 0 Å². The van der Waals surface area contributed by atoms with Crippen LogP contribution >= 0.6 is 0 Å². The third-order valence-corrected chi connectivity index (χ3v) is 4.31. The first-order valence-electron chi connectivity index (χ1n) is 8.55. The number of carbonyl (C=O) groups is 1. The van der Waals surface area contributed by atoms with E-state index in [0.29, 0.717) is 11.3 Å². The molecule has 1 N–H and O–H groups in total. The molecule has 3 rings (SSSR count). The van der Waals surface area contributed by atoms with Crippen LogP contribution in [0.1, 0.15) is 45.9 Å². The number of carbonyl (C=O) groups excluding carboxylic acids is 1. The Labute approximate surface area is 153 Å². The smallest absolute Gasteiger partial charge is 0.274 e. The Morgan fingerprint density at radius 1 is 1.12 bits per heavy atom. The molecule has 0 bridgehead atoms. The molecule has 1 atom stereocenters. The molecule has 5 heteroatoms. The highest BCUT2D eigenvalue weighted by molar-refractivity contribution is 5.94. The van der Waals surface area contributed by atoms with Crippen LogP contribution in [0.2, 0.25) is 0 Å². The quantitative estimate of drug-likeness (QED) is 0.717. The van der Waals surface area contributed by atoms with Crippen molar-refractivity contribution in [2.75, 3.05) is 0 Å². The minimum Gasteiger partial charge on any atom is -0.488 e. The molecule has 3 aromatic rings. The third-order valence-electron chi connectivity index (χ3n) is 4.31. The maximum atomic E-state index is 12.7. The van der Waals surface area contributed by atoms with Gasteiger partial charge in [-0.05, 0) is 38.0 Å². The van der Waals surface area contributed by atoms with Crippen LogP contribution in [0.3, 0.4) is 0 Å². The molecule has 0 aliphatic carbocycles. The van der Waals surface area contributed by atoms with Crippen LogP contribution in [0.5, 0.6) is 5.75 Å². The zero-order valence-corrected chi connectivity index (χ0v) is 15.2. The molecule has 0 aliphatic rings. The molecule has 0 radical (unpaired) electrons. The van der Waals surface area contributed by atoms with E-state index in [1.807, 2.05) is 68.4 Å². The van der Waals surface area contributed by atoms with Crippen molar-refractivity contribution in [3.8, 4) is 5.75 Å². The predicted octanol–water partition coefficient (Wildman–Crippen LogP) is 4.36. The second-order valence-electron chi connectivity index (χ2n) is 6.23. The molecule has 0 spiro atoms. The van der Waals surface area contributed by atoms with Gasteiger partial charge in [0.2, 0.25) is 0 Å². The van der Waals surface area contributed by atoms with Crippen LogP contribution in [-0.2, 0) is 6.61 Å². The summed E-state index contributed by atoms with van der Waals surface area (Å²) in [6.07, 6.45) is 0. The van der Waals surface area contributed by atoms with Gasteiger partial charge in [-0.15, -0.1) is 0 Å². The lowest BCUT2D eigenvalue weighted by Crippen LogP contribution is -2.28. The van der Waals surface area contributed by atoms with Crippen LogP contribution < -0.4 is 10.1 Å². The van der Waals surface area contributed by atoms with Crippen molar-refractivity contribution in [1.82, 2.24) is 10.5 Å². The number of ether oxygens (including phenoxy) is 1. The largest absolute Gasteiger partial charge is 0.488 e. The lowest BCUT2D eigenvalue weighted by atomic mass is 10.1. The van der Waals surface area contributed by atoms with E-state index in [1.165, 1.54) is 0 Å². The van der Waals surface area contributed by atoms with E-state index in [1.54, 1.807) is 6.92 Å². The molecule has 26 heavy (non-hydrogen) atoms. The monoisotopic (exact) mass is 350 g/mol. The Kier molecular flexibility index (Phi) is 5.37. The van der Waals surface area contributed by atoms with Crippen molar-refractivity contribution in [1.29, 1.82) is 0 Å². The molecule has 0 fully saturated rings. The number of amides is 1. The van der Waals surface area contributed by atoms with Crippen LogP contribution in [-0.4, -0.2) is 11.1 Å². The van der Waals surface area contributed by atoms with Gasteiger partial charge in [-0.25, -0.2) is 0 Å². The van der Waals surface area contributed by atoms with E-state index in [-0.39, 0.29) is 24.2 Å². The zero-order chi connectivity index (χ0) is 18.5. The standard InChI is InChI=1S/C21H22N2O3/c1-14-9-7-8-12-19(14)25-13-18-16(3)26-23-20(18)21(24)22-15(2)17-10-5-4-6-11-17/h4-12,15H,13H2,1-3H3,(H,22,24). The average Bonchev–Trinajstić information content (AvgIpc) is 3.02. The normalized spacial score (nSPS) is 11.8. The summed E-state index contributed by atoms with van der Waals surface area (Å²) in [5, 5.41) is 6.89. The van der Waals surface area contributed by atoms with Crippen molar-refractivity contribution >= 4 is 5.91 Å². The summed E-state index contributed by atoms with van der Waals surface area (Å²) in [4.78, 5) is 12.7. The fourth-order valence-electron chi connectivity index (χ4n) is 2.70. The summed E-state index contributed by atoms with van der Waals surface area (Å²) in [5.41, 5.74) is 2.98. The van der Waals surface area contributed by atoms with Crippen molar-refractivity contribution in [3.63, 3.8) is 0 Å². The molecule has 1 aromatic heterocycles. The zero-order valence-electron chi connectivity index (χ0n) is 15.2. The second kappa shape index (κ2) is 7.87. The van der Waals surface area contributed by atoms with Crippen molar-refractivity contribution < 1.29 is 14.1 Å². The van der Waals surface area contributed by atoms with E-state index in [0.717, 1.165) is 16.9 Å². The van der Waals surface area contributed by atoms with E-state index in [4.69, 9.17) is 9.26 Å². The van der Waals surface area contributed by atoms with Gasteiger partial charge in [0.15, 0.2) is 5.69 Å². The number of benzene rings is 2. The predicted molar refractivity (Wildman–Crippen MR) is 99.1 cm³/mol. The molecule has 1 heterocycles. The number of rotatable bonds is 6. The van der Waals surface area contributed by atoms with E-state index in [2.05, 4.69) is 10.5 Å². The molecule has 0 saturated carbocycles. The van der Waals surface area contributed by atoms with E-state index < -0.39 is 0 Å². The van der Waals surface area contributed by atoms with Gasteiger partial charge in [0.05, 0.1) is 11.6 Å². The topological polar surface area (TPSA) is 64.4 Å². The molecule has 134 valence electrons. The highest BCUT2D eigenvalue weighted by Gasteiger charge is 2.22. The summed E-state index contributed by atoms with van der Waals surface area (Å²) in [6, 6.07) is 17.4. The molecule has 1 amide bonds. The van der Waals surface area contributed by atoms with Crippen LogP contribution in [0, 0.1) is 13.8 Å². The molecule has 0 aliphatic heterocycles. The van der Waals surface area contributed by atoms with Crippen LogP contribution in [0.4, 0.5) is 0 Å². The van der Waals surface area contributed by atoms with Gasteiger partial charge in [0.1, 0.15) is 18.1 Å². The minimum atomic E-state index is -0.276. The van der Waals surface area contributed by atoms with Crippen LogP contribution in [0.25, 0.3) is 0 Å². The number of hydrogen-bond donors (Lipinski definition) is 1. The summed E-state index contributed by atoms with van der Waals surface area (Å²) < 4.78 is 11.1. The SMILES string of the molecule is Cc1ccccc1OCc1c(C(=O)NC(C)c2ccccc2)noc1C. The lowest BCUT2D eigenvalue weighted by molar-refractivity contribution is 0.0928. The fourth-order valence-corrected chi connectivity index (χ4v) is 2.70. The summed E-state index contributed by atoms with van der Waals surface area (Å²) >= 11 is 0. The highest BCUT2D eigenvalue weighted by Crippen LogP contribution is 2.21. The number of nitrogens with one attached hydrogen (secondary N) is 1. The number of aromatic nitrogens is 1. The first-order valence-corrected chi connectivity index (χ1v) is 8.55. The molecular formula is C21H22N2O3. The minimum absolute atomic E-state index is 0.133. The number of hydrogen-bond acceptors (Lipinski definition) is 4. The maximum Gasteiger partial charge on any atom is 0.274 e. The van der Waals surface area contributed by atoms with Gasteiger partial charge < -0.3 is 14.6 Å². The number of para-hydroxylation sites is 1. The van der Waals surface area contributed by atoms with Crippen LogP contribution in [0.15, 0.2) is 59.1 Å². The van der Waals surface area contributed by atoms with Gasteiger partial charge >= 0.3 is 0 Å². The van der Waals surface area contributed by atoms with Gasteiger partial charge in [0.25, 0.3) is 5.91 Å². The van der Waals surface area contributed by atoms with E-state index >= 15 is 0 Å². The second-order valence-corrected chi connectivity index (χ2v) is 6.23. The lowest BCUT2D eigenvalue weighted by Gasteiger charge is -2.14. The summed E-state index contributed by atoms with van der Waals surface area (Å²) in [6.45, 7) is 5.91. The number of nitrogens with zero attached hydrogens (tertiary/aromatic N) is 1. The molecule has 0 saturated heterocycles. The van der Waals surface area contributed by atoms with E-state index in [9.17, 15) is 4.79 Å². The Balaban J connectivity index is 1.72. The molecule has 5 nitrogen and oxygen atoms in total. The Bertz CT molecular complexity index is 887. The number of aryl methyl sites for hydroxylation is 2. The van der Waals surface area contributed by atoms with Crippen molar-refractivity contribution in [2.24, 2.45) is 0 Å². The Hall–Kier alpha value is -3.08. The summed E-state index contributed by atoms with van der Waals surface area (Å²) in [7, 11) is 0. The van der Waals surface area contributed by atoms with Crippen molar-refractivity contribution in [2.45, 2.75) is 33.4 Å². The average molecular weight is 350 g/mol. The Morgan fingerprint density at radius 2 is 1.81 bits per heavy atom. The van der Waals surface area contributed by atoms with Crippen molar-refractivity contribution in [3.05, 3.63) is 82.7 Å². The molecule has 2 aromatic carbocycles. The van der Waals surface area contributed by atoms with Gasteiger partial charge in [-0.3, -0.25) is 4.79 Å². The fraction of sp³-hybridized carbons (Fsp3) is 0.238. The highest BCUT2D eigenvalue weighted by atomic mass is 16.5. The molecule has 1 unspecified atom stereocenters. The van der Waals surface area contributed by atoms with Gasteiger partial charge in [-0.1, -0.05) is 53.7 Å². The molecular weight excluding hydrogens is 328 g/mol. The van der Waals surface area contributed by atoms with Gasteiger partial charge in [0, 0.05) is 0 Å². The first-order chi connectivity index (χ1) is 12.6. The Morgan fingerprint density at radius 3 is 2.54 bits per heavy atom. The summed E-state index contributed by atoms with van der Waals surface area (Å²) in [5.74, 6) is 1.08. The third kappa shape index (κ3) is 3.94. The first kappa shape index (κ1) is 17.7. The maximum absolute atomic E-state index is 12.7.